The van der Waals surface area contributed by atoms with Crippen LogP contribution >= 0.6 is 0 Å². The summed E-state index contributed by atoms with van der Waals surface area (Å²) in [6.45, 7) is 10.5. The average molecular weight is 662 g/mol. The maximum Gasteiger partial charge on any atom is 0.303 e. The minimum Gasteiger partial charge on any atom is -0.481 e. The SMILES string of the molecule is O=C(O)CCC(=O)NCCCOCCOCCOCCOCCOCCOCCOCCOCCOCCOCc1ccccc1. The lowest BCUT2D eigenvalue weighted by molar-refractivity contribution is -0.138. The van der Waals surface area contributed by atoms with Crippen molar-refractivity contribution in [1.29, 1.82) is 0 Å². The van der Waals surface area contributed by atoms with Gasteiger partial charge in [0.15, 0.2) is 0 Å². The molecular formula is C32H55NO13. The van der Waals surface area contributed by atoms with Crippen molar-refractivity contribution in [1.82, 2.24) is 5.32 Å². The molecule has 14 nitrogen and oxygen atoms in total. The highest BCUT2D eigenvalue weighted by molar-refractivity contribution is 5.80. The van der Waals surface area contributed by atoms with Gasteiger partial charge in [-0.05, 0) is 12.0 Å². The van der Waals surface area contributed by atoms with Gasteiger partial charge in [0.25, 0.3) is 0 Å². The lowest BCUT2D eigenvalue weighted by atomic mass is 10.2. The van der Waals surface area contributed by atoms with E-state index < -0.39 is 5.97 Å². The molecule has 0 saturated carbocycles. The van der Waals surface area contributed by atoms with E-state index in [1.54, 1.807) is 0 Å². The van der Waals surface area contributed by atoms with Crippen molar-refractivity contribution in [2.24, 2.45) is 0 Å². The van der Waals surface area contributed by atoms with E-state index in [4.69, 9.17) is 52.5 Å². The Labute approximate surface area is 273 Å². The Balaban J connectivity index is 1.63. The predicted octanol–water partition coefficient (Wildman–Crippen LogP) is 1.72. The Morgan fingerprint density at radius 3 is 1.20 bits per heavy atom. The van der Waals surface area contributed by atoms with E-state index in [1.807, 2.05) is 30.3 Å². The highest BCUT2D eigenvalue weighted by Crippen LogP contribution is 2.00. The summed E-state index contributed by atoms with van der Waals surface area (Å²) >= 11 is 0. The van der Waals surface area contributed by atoms with E-state index in [9.17, 15) is 9.59 Å². The van der Waals surface area contributed by atoms with Crippen LogP contribution in [-0.2, 0) is 63.6 Å². The van der Waals surface area contributed by atoms with Crippen molar-refractivity contribution >= 4 is 11.9 Å². The van der Waals surface area contributed by atoms with Crippen LogP contribution in [0, 0.1) is 0 Å². The standard InChI is InChI=1S/C32H55NO13/c34-31(7-8-32(35)36)33-9-4-10-37-11-12-38-13-14-39-15-16-40-17-18-41-19-20-42-21-22-43-23-24-44-25-26-45-27-28-46-29-30-5-2-1-3-6-30/h1-3,5-6H,4,7-29H2,(H,33,34)(H,35,36). The number of nitrogens with one attached hydrogen (secondary N) is 1. The van der Waals surface area contributed by atoms with Crippen LogP contribution in [0.2, 0.25) is 0 Å². The second-order valence-corrected chi connectivity index (χ2v) is 9.65. The van der Waals surface area contributed by atoms with Crippen molar-refractivity contribution < 1.29 is 62.1 Å². The zero-order valence-corrected chi connectivity index (χ0v) is 27.2. The first-order valence-corrected chi connectivity index (χ1v) is 16.0. The summed E-state index contributed by atoms with van der Waals surface area (Å²) in [6, 6.07) is 10.0. The highest BCUT2D eigenvalue weighted by Gasteiger charge is 2.04. The van der Waals surface area contributed by atoms with Crippen LogP contribution in [0.3, 0.4) is 0 Å². The topological polar surface area (TPSA) is 159 Å². The second kappa shape index (κ2) is 34.1. The third kappa shape index (κ3) is 31.7. The Morgan fingerprint density at radius 1 is 0.478 bits per heavy atom. The largest absolute Gasteiger partial charge is 0.481 e. The number of carboxylic acid groups (broad SMARTS) is 1. The molecule has 1 rings (SSSR count). The van der Waals surface area contributed by atoms with Crippen molar-refractivity contribution in [2.75, 3.05) is 132 Å². The Hall–Kier alpha value is -2.24. The molecule has 0 aliphatic rings. The van der Waals surface area contributed by atoms with E-state index >= 15 is 0 Å². The van der Waals surface area contributed by atoms with Crippen LogP contribution in [0.4, 0.5) is 0 Å². The molecule has 14 heteroatoms. The summed E-state index contributed by atoms with van der Waals surface area (Å²) < 4.78 is 54.7. The van der Waals surface area contributed by atoms with E-state index in [0.717, 1.165) is 5.56 Å². The molecule has 0 aromatic heterocycles. The van der Waals surface area contributed by atoms with Gasteiger partial charge in [-0.25, -0.2) is 0 Å². The molecule has 0 aliphatic carbocycles. The van der Waals surface area contributed by atoms with Crippen LogP contribution in [0.5, 0.6) is 0 Å². The molecule has 46 heavy (non-hydrogen) atoms. The first kappa shape index (κ1) is 41.8. The Morgan fingerprint density at radius 2 is 0.826 bits per heavy atom. The van der Waals surface area contributed by atoms with Gasteiger partial charge in [-0.3, -0.25) is 9.59 Å². The third-order valence-corrected chi connectivity index (χ3v) is 5.81. The summed E-state index contributed by atoms with van der Waals surface area (Å²) in [5.41, 5.74) is 1.15. The molecule has 266 valence electrons. The van der Waals surface area contributed by atoms with E-state index in [1.165, 1.54) is 0 Å². The molecular weight excluding hydrogens is 606 g/mol. The maximum absolute atomic E-state index is 11.4. The normalized spacial score (nSPS) is 11.2. The van der Waals surface area contributed by atoms with Gasteiger partial charge in [-0.2, -0.15) is 0 Å². The van der Waals surface area contributed by atoms with Crippen LogP contribution in [0.1, 0.15) is 24.8 Å². The summed E-state index contributed by atoms with van der Waals surface area (Å²) in [7, 11) is 0. The number of carbonyl (C=O) groups excluding carboxylic acids is 1. The molecule has 0 atom stereocenters. The quantitative estimate of drug-likeness (QED) is 0.100. The van der Waals surface area contributed by atoms with Crippen molar-refractivity contribution in [3.8, 4) is 0 Å². The van der Waals surface area contributed by atoms with Gasteiger partial charge < -0.3 is 57.8 Å². The van der Waals surface area contributed by atoms with E-state index in [2.05, 4.69) is 5.32 Å². The molecule has 0 heterocycles. The lowest BCUT2D eigenvalue weighted by Gasteiger charge is -2.09. The minimum absolute atomic E-state index is 0.00899. The van der Waals surface area contributed by atoms with Crippen LogP contribution < -0.4 is 5.32 Å². The molecule has 1 aromatic rings. The summed E-state index contributed by atoms with van der Waals surface area (Å²) in [5.74, 6) is -1.25. The molecule has 0 aliphatic heterocycles. The molecule has 0 bridgehead atoms. The van der Waals surface area contributed by atoms with Crippen LogP contribution in [0.15, 0.2) is 30.3 Å². The Bertz CT molecular complexity index is 803. The minimum atomic E-state index is -0.982. The number of amides is 1. The van der Waals surface area contributed by atoms with Gasteiger partial charge in [-0.15, -0.1) is 0 Å². The first-order valence-electron chi connectivity index (χ1n) is 16.0. The van der Waals surface area contributed by atoms with Gasteiger partial charge in [0.2, 0.25) is 5.91 Å². The predicted molar refractivity (Wildman–Crippen MR) is 168 cm³/mol. The van der Waals surface area contributed by atoms with Gasteiger partial charge in [-0.1, -0.05) is 30.3 Å². The van der Waals surface area contributed by atoms with Crippen molar-refractivity contribution in [2.45, 2.75) is 25.9 Å². The van der Waals surface area contributed by atoms with Gasteiger partial charge in [0, 0.05) is 19.6 Å². The molecule has 1 aromatic carbocycles. The Kier molecular flexibility index (Phi) is 31.0. The smallest absolute Gasteiger partial charge is 0.303 e. The van der Waals surface area contributed by atoms with Gasteiger partial charge in [0.05, 0.1) is 132 Å². The van der Waals surface area contributed by atoms with Crippen molar-refractivity contribution in [3.05, 3.63) is 35.9 Å². The second-order valence-electron chi connectivity index (χ2n) is 9.65. The zero-order chi connectivity index (χ0) is 33.0. The summed E-state index contributed by atoms with van der Waals surface area (Å²) in [6.07, 6.45) is 0.481. The number of hydrogen-bond donors (Lipinski definition) is 2. The van der Waals surface area contributed by atoms with Crippen LogP contribution in [-0.4, -0.2) is 149 Å². The molecule has 0 radical (unpaired) electrons. The monoisotopic (exact) mass is 661 g/mol. The number of hydrogen-bond acceptors (Lipinski definition) is 12. The van der Waals surface area contributed by atoms with Gasteiger partial charge >= 0.3 is 5.97 Å². The van der Waals surface area contributed by atoms with E-state index in [-0.39, 0.29) is 18.7 Å². The van der Waals surface area contributed by atoms with Gasteiger partial charge in [0.1, 0.15) is 0 Å². The number of rotatable bonds is 36. The molecule has 0 spiro atoms. The van der Waals surface area contributed by atoms with Crippen LogP contribution in [0.25, 0.3) is 0 Å². The molecule has 0 saturated heterocycles. The summed E-state index contributed by atoms with van der Waals surface area (Å²) in [4.78, 5) is 21.8. The summed E-state index contributed by atoms with van der Waals surface area (Å²) in [5, 5.41) is 11.2. The number of benzene rings is 1. The fourth-order valence-corrected chi connectivity index (χ4v) is 3.45. The fourth-order valence-electron chi connectivity index (χ4n) is 3.45. The highest BCUT2D eigenvalue weighted by atomic mass is 16.6. The molecule has 0 fully saturated rings. The number of carbonyl (C=O) groups is 2. The number of ether oxygens (including phenoxy) is 10. The molecule has 0 unspecified atom stereocenters. The molecule has 1 amide bonds. The fraction of sp³-hybridized carbons (Fsp3) is 0.750. The number of carboxylic acids is 1. The maximum atomic E-state index is 11.4. The first-order chi connectivity index (χ1) is 22.7. The molecule has 2 N–H and O–H groups in total. The zero-order valence-electron chi connectivity index (χ0n) is 27.2. The lowest BCUT2D eigenvalue weighted by Crippen LogP contribution is -2.25. The van der Waals surface area contributed by atoms with E-state index in [0.29, 0.717) is 145 Å². The number of aliphatic carboxylic acids is 1. The average Bonchev–Trinajstić information content (AvgIpc) is 3.06. The third-order valence-electron chi connectivity index (χ3n) is 5.81. The van der Waals surface area contributed by atoms with Crippen molar-refractivity contribution in [3.63, 3.8) is 0 Å².